The van der Waals surface area contributed by atoms with Gasteiger partial charge in [-0.25, -0.2) is 0 Å². The van der Waals surface area contributed by atoms with Gasteiger partial charge in [0.05, 0.1) is 6.04 Å². The molecule has 0 saturated carbocycles. The molecular formula is C9H21BN2O. The van der Waals surface area contributed by atoms with Crippen LogP contribution in [0.1, 0.15) is 33.1 Å². The Hall–Kier alpha value is -0.345. The maximum atomic E-state index is 11.4. The summed E-state index contributed by atoms with van der Waals surface area (Å²) in [5.41, 5.74) is 11.2. The third kappa shape index (κ3) is 6.78. The SMILES string of the molecule is CC(C)BC(=O)[C@@H](N)CCCCN. The predicted octanol–water partition coefficient (Wildman–Crippen LogP) is 0.234. The van der Waals surface area contributed by atoms with Crippen molar-refractivity contribution in [3.63, 3.8) is 0 Å². The van der Waals surface area contributed by atoms with Gasteiger partial charge in [0.1, 0.15) is 5.68 Å². The number of unbranched alkanes of at least 4 members (excludes halogenated alkanes) is 1. The molecule has 0 saturated heterocycles. The molecule has 0 aliphatic rings. The largest absolute Gasteiger partial charge is 0.330 e. The molecule has 0 spiro atoms. The first-order chi connectivity index (χ1) is 6.07. The molecule has 4 N–H and O–H groups in total. The van der Waals surface area contributed by atoms with Crippen LogP contribution in [0.2, 0.25) is 5.82 Å². The highest BCUT2D eigenvalue weighted by atomic mass is 16.1. The first-order valence-corrected chi connectivity index (χ1v) is 5.06. The number of rotatable bonds is 7. The van der Waals surface area contributed by atoms with Crippen LogP contribution in [0.25, 0.3) is 0 Å². The van der Waals surface area contributed by atoms with Gasteiger partial charge in [0, 0.05) is 0 Å². The van der Waals surface area contributed by atoms with Crippen molar-refractivity contribution in [3.8, 4) is 0 Å². The summed E-state index contributed by atoms with van der Waals surface area (Å²) in [4.78, 5) is 11.4. The molecule has 0 aromatic carbocycles. The summed E-state index contributed by atoms with van der Waals surface area (Å²) in [6, 6.07) is -0.269. The number of carbonyl (C=O) groups is 1. The van der Waals surface area contributed by atoms with Crippen molar-refractivity contribution in [2.75, 3.05) is 6.54 Å². The fraction of sp³-hybridized carbons (Fsp3) is 0.889. The smallest absolute Gasteiger partial charge is 0.210 e. The second-order valence-corrected chi connectivity index (χ2v) is 3.96. The average molecular weight is 184 g/mol. The summed E-state index contributed by atoms with van der Waals surface area (Å²) < 4.78 is 0. The molecule has 0 aromatic heterocycles. The van der Waals surface area contributed by atoms with E-state index in [0.29, 0.717) is 19.6 Å². The van der Waals surface area contributed by atoms with E-state index in [4.69, 9.17) is 11.5 Å². The topological polar surface area (TPSA) is 69.1 Å². The molecule has 0 radical (unpaired) electrons. The van der Waals surface area contributed by atoms with Gasteiger partial charge >= 0.3 is 0 Å². The van der Waals surface area contributed by atoms with Gasteiger partial charge in [-0.3, -0.25) is 0 Å². The molecule has 0 aromatic rings. The molecule has 0 bridgehead atoms. The Labute approximate surface area is 81.5 Å². The Morgan fingerprint density at radius 2 is 2.00 bits per heavy atom. The highest BCUT2D eigenvalue weighted by Gasteiger charge is 2.15. The van der Waals surface area contributed by atoms with Crippen LogP contribution in [0.5, 0.6) is 0 Å². The zero-order chi connectivity index (χ0) is 10.3. The van der Waals surface area contributed by atoms with Crippen molar-refractivity contribution in [2.45, 2.75) is 45.0 Å². The summed E-state index contributed by atoms with van der Waals surface area (Å²) in [5, 5.41) is 0. The van der Waals surface area contributed by atoms with E-state index in [1.807, 2.05) is 13.8 Å². The summed E-state index contributed by atoms with van der Waals surface area (Å²) in [6.45, 7) is 4.75. The molecule has 76 valence electrons. The van der Waals surface area contributed by atoms with Crippen molar-refractivity contribution < 1.29 is 4.79 Å². The monoisotopic (exact) mass is 184 g/mol. The third-order valence-corrected chi connectivity index (χ3v) is 1.99. The number of carbonyl (C=O) groups excluding carboxylic acids is 1. The number of nitrogens with two attached hydrogens (primary N) is 2. The van der Waals surface area contributed by atoms with Crippen LogP contribution in [0, 0.1) is 0 Å². The first-order valence-electron chi connectivity index (χ1n) is 5.06. The Balaban J connectivity index is 3.57. The molecule has 4 heteroatoms. The number of hydrogen-bond donors (Lipinski definition) is 2. The maximum Gasteiger partial charge on any atom is 0.210 e. The van der Waals surface area contributed by atoms with E-state index in [9.17, 15) is 4.79 Å². The van der Waals surface area contributed by atoms with Crippen LogP contribution in [0.3, 0.4) is 0 Å². The van der Waals surface area contributed by atoms with Crippen molar-refractivity contribution in [1.82, 2.24) is 0 Å². The minimum atomic E-state index is -0.269. The highest BCUT2D eigenvalue weighted by molar-refractivity contribution is 6.75. The summed E-state index contributed by atoms with van der Waals surface area (Å²) >= 11 is 0. The van der Waals surface area contributed by atoms with Crippen molar-refractivity contribution in [2.24, 2.45) is 11.5 Å². The summed E-state index contributed by atoms with van der Waals surface area (Å²) in [6.07, 6.45) is 2.70. The van der Waals surface area contributed by atoms with E-state index in [-0.39, 0.29) is 11.7 Å². The zero-order valence-corrected chi connectivity index (χ0v) is 8.75. The molecule has 0 aliphatic carbocycles. The minimum Gasteiger partial charge on any atom is -0.330 e. The molecule has 1 atom stereocenters. The molecule has 0 unspecified atom stereocenters. The molecular weight excluding hydrogens is 163 g/mol. The van der Waals surface area contributed by atoms with Gasteiger partial charge in [0.2, 0.25) is 7.28 Å². The summed E-state index contributed by atoms with van der Waals surface area (Å²) in [7, 11) is 0.601. The first kappa shape index (κ1) is 12.7. The van der Waals surface area contributed by atoms with Crippen LogP contribution in [0.15, 0.2) is 0 Å². The standard InChI is InChI=1S/C9H21BN2O/c1-7(2)10-9(13)8(12)5-3-4-6-11/h7-8,10H,3-6,11-12H2,1-2H3/t8-/m0/s1. The lowest BCUT2D eigenvalue weighted by Gasteiger charge is -2.10. The minimum absolute atomic E-state index is 0.187. The molecule has 0 fully saturated rings. The van der Waals surface area contributed by atoms with Crippen LogP contribution in [-0.2, 0) is 4.79 Å². The zero-order valence-electron chi connectivity index (χ0n) is 8.75. The van der Waals surface area contributed by atoms with Gasteiger partial charge in [0.15, 0.2) is 0 Å². The normalized spacial score (nSPS) is 13.0. The van der Waals surface area contributed by atoms with Crippen LogP contribution in [0.4, 0.5) is 0 Å². The van der Waals surface area contributed by atoms with E-state index in [0.717, 1.165) is 19.3 Å². The summed E-state index contributed by atoms with van der Waals surface area (Å²) in [5.74, 6) is 0.410. The number of hydrogen-bond acceptors (Lipinski definition) is 3. The Kier molecular flexibility index (Phi) is 6.91. The predicted molar refractivity (Wildman–Crippen MR) is 58.1 cm³/mol. The van der Waals surface area contributed by atoms with Crippen molar-refractivity contribution in [1.29, 1.82) is 0 Å². The molecule has 0 rings (SSSR count). The second-order valence-electron chi connectivity index (χ2n) is 3.96. The van der Waals surface area contributed by atoms with Gasteiger partial charge in [-0.2, -0.15) is 0 Å². The molecule has 0 aliphatic heterocycles. The fourth-order valence-corrected chi connectivity index (χ4v) is 1.22. The van der Waals surface area contributed by atoms with Crippen LogP contribution in [-0.4, -0.2) is 25.5 Å². The highest BCUT2D eigenvalue weighted by Crippen LogP contribution is 2.03. The van der Waals surface area contributed by atoms with Crippen molar-refractivity contribution in [3.05, 3.63) is 0 Å². The van der Waals surface area contributed by atoms with Crippen LogP contribution < -0.4 is 11.5 Å². The van der Waals surface area contributed by atoms with E-state index in [1.165, 1.54) is 0 Å². The van der Waals surface area contributed by atoms with Gasteiger partial charge in [0.25, 0.3) is 0 Å². The lowest BCUT2D eigenvalue weighted by molar-refractivity contribution is -0.113. The van der Waals surface area contributed by atoms with Gasteiger partial charge in [-0.15, -0.1) is 0 Å². The van der Waals surface area contributed by atoms with E-state index < -0.39 is 0 Å². The quantitative estimate of drug-likeness (QED) is 0.439. The average Bonchev–Trinajstić information content (AvgIpc) is 2.03. The van der Waals surface area contributed by atoms with E-state index in [1.54, 1.807) is 0 Å². The van der Waals surface area contributed by atoms with Crippen molar-refractivity contribution >= 4 is 13.0 Å². The molecule has 3 nitrogen and oxygen atoms in total. The third-order valence-electron chi connectivity index (χ3n) is 1.99. The van der Waals surface area contributed by atoms with Crippen LogP contribution >= 0.6 is 0 Å². The van der Waals surface area contributed by atoms with E-state index in [2.05, 4.69) is 0 Å². The molecule has 13 heavy (non-hydrogen) atoms. The van der Waals surface area contributed by atoms with E-state index >= 15 is 0 Å². The Morgan fingerprint density at radius 3 is 2.46 bits per heavy atom. The second kappa shape index (κ2) is 7.10. The maximum absolute atomic E-state index is 11.4. The molecule has 0 heterocycles. The fourth-order valence-electron chi connectivity index (χ4n) is 1.22. The lowest BCUT2D eigenvalue weighted by Crippen LogP contribution is -2.35. The van der Waals surface area contributed by atoms with Gasteiger partial charge in [-0.05, 0) is 19.4 Å². The van der Waals surface area contributed by atoms with Gasteiger partial charge < -0.3 is 16.3 Å². The molecule has 0 amide bonds. The lowest BCUT2D eigenvalue weighted by atomic mass is 9.60. The Bertz CT molecular complexity index is 151. The van der Waals surface area contributed by atoms with Gasteiger partial charge in [-0.1, -0.05) is 26.1 Å². The Morgan fingerprint density at radius 1 is 1.38 bits per heavy atom.